The summed E-state index contributed by atoms with van der Waals surface area (Å²) in [6, 6.07) is 7.40. The van der Waals surface area contributed by atoms with Gasteiger partial charge in [0.15, 0.2) is 5.75 Å². The van der Waals surface area contributed by atoms with Crippen molar-refractivity contribution in [2.75, 3.05) is 0 Å². The van der Waals surface area contributed by atoms with Crippen molar-refractivity contribution in [3.8, 4) is 5.75 Å². The third-order valence-corrected chi connectivity index (χ3v) is 2.94. The fourth-order valence-corrected chi connectivity index (χ4v) is 1.69. The van der Waals surface area contributed by atoms with Crippen LogP contribution < -0.4 is 4.74 Å². The van der Waals surface area contributed by atoms with E-state index in [2.05, 4.69) is 5.10 Å². The molecule has 1 N–H and O–H groups in total. The summed E-state index contributed by atoms with van der Waals surface area (Å²) < 4.78 is 7.23. The Bertz CT molecular complexity index is 560. The number of rotatable bonds is 5. The van der Waals surface area contributed by atoms with Gasteiger partial charge in [0.2, 0.25) is 0 Å². The monoisotopic (exact) mass is 260 g/mol. The predicted molar refractivity (Wildman–Crippen MR) is 70.0 cm³/mol. The maximum absolute atomic E-state index is 10.9. The molecule has 0 amide bonds. The number of carboxylic acid groups (broad SMARTS) is 1. The Morgan fingerprint density at radius 1 is 1.42 bits per heavy atom. The van der Waals surface area contributed by atoms with Crippen molar-refractivity contribution < 1.29 is 14.6 Å². The molecule has 1 unspecified atom stereocenters. The van der Waals surface area contributed by atoms with E-state index in [9.17, 15) is 4.79 Å². The molecule has 1 heterocycles. The van der Waals surface area contributed by atoms with Crippen LogP contribution in [0.1, 0.15) is 24.0 Å². The van der Waals surface area contributed by atoms with Crippen molar-refractivity contribution in [2.45, 2.75) is 19.4 Å². The number of benzene rings is 1. The summed E-state index contributed by atoms with van der Waals surface area (Å²) in [6.07, 6.45) is 3.45. The lowest BCUT2D eigenvalue weighted by atomic mass is 10.0. The van der Waals surface area contributed by atoms with Crippen molar-refractivity contribution in [3.63, 3.8) is 0 Å². The Labute approximate surface area is 111 Å². The first-order valence-corrected chi connectivity index (χ1v) is 5.99. The van der Waals surface area contributed by atoms with Gasteiger partial charge >= 0.3 is 5.97 Å². The molecule has 1 aromatic carbocycles. The molecule has 2 rings (SSSR count). The second-order valence-electron chi connectivity index (χ2n) is 4.44. The van der Waals surface area contributed by atoms with E-state index >= 15 is 0 Å². The molecule has 0 aliphatic heterocycles. The van der Waals surface area contributed by atoms with Crippen LogP contribution in [0.3, 0.4) is 0 Å². The summed E-state index contributed by atoms with van der Waals surface area (Å²) in [4.78, 5) is 10.9. The third kappa shape index (κ3) is 3.34. The van der Waals surface area contributed by atoms with Crippen LogP contribution in [0, 0.1) is 0 Å². The summed E-state index contributed by atoms with van der Waals surface area (Å²) >= 11 is 0. The summed E-state index contributed by atoms with van der Waals surface area (Å²) in [6.45, 7) is 2.11. The Morgan fingerprint density at radius 3 is 2.63 bits per heavy atom. The lowest BCUT2D eigenvalue weighted by Crippen LogP contribution is -2.07. The maximum atomic E-state index is 10.9. The van der Waals surface area contributed by atoms with Crippen molar-refractivity contribution >= 4 is 5.97 Å². The summed E-state index contributed by atoms with van der Waals surface area (Å²) in [7, 11) is 1.83. The molecule has 0 aliphatic rings. The minimum absolute atomic E-state index is 0.438. The fraction of sp³-hybridized carbons (Fsp3) is 0.286. The Morgan fingerprint density at radius 2 is 2.11 bits per heavy atom. The van der Waals surface area contributed by atoms with E-state index in [0.29, 0.717) is 12.4 Å². The van der Waals surface area contributed by atoms with Gasteiger partial charge in [0.05, 0.1) is 18.3 Å². The molecule has 0 fully saturated rings. The van der Waals surface area contributed by atoms with E-state index in [1.807, 2.05) is 31.3 Å². The number of hydrogen-bond donors (Lipinski definition) is 1. The number of carboxylic acids is 1. The molecule has 100 valence electrons. The average molecular weight is 260 g/mol. The molecule has 19 heavy (non-hydrogen) atoms. The fourth-order valence-electron chi connectivity index (χ4n) is 1.69. The van der Waals surface area contributed by atoms with Gasteiger partial charge in [-0.05, 0) is 18.1 Å². The van der Waals surface area contributed by atoms with Crippen LogP contribution in [-0.4, -0.2) is 20.9 Å². The number of hydrogen-bond acceptors (Lipinski definition) is 3. The third-order valence-electron chi connectivity index (χ3n) is 2.94. The highest BCUT2D eigenvalue weighted by molar-refractivity contribution is 5.75. The number of nitrogens with zero attached hydrogens (tertiary/aromatic N) is 2. The van der Waals surface area contributed by atoms with Gasteiger partial charge in [-0.1, -0.05) is 24.3 Å². The van der Waals surface area contributed by atoms with Gasteiger partial charge in [0, 0.05) is 7.05 Å². The number of aliphatic carboxylic acids is 1. The molecule has 0 spiro atoms. The Hall–Kier alpha value is -2.30. The van der Waals surface area contributed by atoms with Crippen LogP contribution in [-0.2, 0) is 18.4 Å². The minimum Gasteiger partial charge on any atom is -0.486 e. The van der Waals surface area contributed by atoms with Gasteiger partial charge in [-0.15, -0.1) is 0 Å². The largest absolute Gasteiger partial charge is 0.486 e. The Balaban J connectivity index is 1.97. The zero-order valence-electron chi connectivity index (χ0n) is 10.9. The Kier molecular flexibility index (Phi) is 3.85. The number of aromatic nitrogens is 2. The molecule has 0 saturated heterocycles. The first-order chi connectivity index (χ1) is 9.06. The average Bonchev–Trinajstić information content (AvgIpc) is 2.82. The van der Waals surface area contributed by atoms with Crippen molar-refractivity contribution in [1.29, 1.82) is 0 Å². The number of ether oxygens (including phenoxy) is 1. The van der Waals surface area contributed by atoms with E-state index in [1.165, 1.54) is 0 Å². The van der Waals surface area contributed by atoms with Gasteiger partial charge in [0.25, 0.3) is 0 Å². The standard InChI is InChI=1S/C14H16N2O3/c1-10(14(17)18)12-5-3-11(4-6-12)9-19-13-7-15-16(2)8-13/h3-8,10H,9H2,1-2H3,(H,17,18). The normalized spacial score (nSPS) is 12.1. The second-order valence-corrected chi connectivity index (χ2v) is 4.44. The van der Waals surface area contributed by atoms with Crippen LogP contribution in [0.5, 0.6) is 5.75 Å². The van der Waals surface area contributed by atoms with E-state index < -0.39 is 11.9 Å². The van der Waals surface area contributed by atoms with Gasteiger partial charge in [-0.3, -0.25) is 9.48 Å². The second kappa shape index (κ2) is 5.56. The van der Waals surface area contributed by atoms with Crippen LogP contribution in [0.2, 0.25) is 0 Å². The molecule has 0 aliphatic carbocycles. The molecule has 1 aromatic heterocycles. The molecule has 5 nitrogen and oxygen atoms in total. The molecule has 5 heteroatoms. The lowest BCUT2D eigenvalue weighted by Gasteiger charge is -2.08. The van der Waals surface area contributed by atoms with Gasteiger partial charge < -0.3 is 9.84 Å². The van der Waals surface area contributed by atoms with Gasteiger partial charge in [-0.25, -0.2) is 0 Å². The van der Waals surface area contributed by atoms with Crippen molar-refractivity contribution in [3.05, 3.63) is 47.8 Å². The lowest BCUT2D eigenvalue weighted by molar-refractivity contribution is -0.138. The van der Waals surface area contributed by atoms with Gasteiger partial charge in [0.1, 0.15) is 6.61 Å². The smallest absolute Gasteiger partial charge is 0.310 e. The summed E-state index contributed by atoms with van der Waals surface area (Å²) in [5.74, 6) is -0.599. The molecule has 0 radical (unpaired) electrons. The highest BCUT2D eigenvalue weighted by Gasteiger charge is 2.12. The summed E-state index contributed by atoms with van der Waals surface area (Å²) in [5.41, 5.74) is 1.78. The molecule has 2 aromatic rings. The van der Waals surface area contributed by atoms with E-state index in [4.69, 9.17) is 9.84 Å². The maximum Gasteiger partial charge on any atom is 0.310 e. The SMILES string of the molecule is CC(C(=O)O)c1ccc(COc2cnn(C)c2)cc1. The highest BCUT2D eigenvalue weighted by atomic mass is 16.5. The topological polar surface area (TPSA) is 64.3 Å². The van der Waals surface area contributed by atoms with E-state index in [1.54, 1.807) is 24.0 Å². The highest BCUT2D eigenvalue weighted by Crippen LogP contribution is 2.17. The quantitative estimate of drug-likeness (QED) is 0.895. The van der Waals surface area contributed by atoms with Gasteiger partial charge in [-0.2, -0.15) is 5.10 Å². The predicted octanol–water partition coefficient (Wildman–Crippen LogP) is 2.19. The van der Waals surface area contributed by atoms with E-state index in [-0.39, 0.29) is 0 Å². The van der Waals surface area contributed by atoms with Crippen LogP contribution in [0.4, 0.5) is 0 Å². The van der Waals surface area contributed by atoms with Crippen LogP contribution in [0.15, 0.2) is 36.7 Å². The first-order valence-electron chi connectivity index (χ1n) is 5.99. The number of carbonyl (C=O) groups is 1. The number of aryl methyl sites for hydroxylation is 1. The first kappa shape index (κ1) is 13.1. The minimum atomic E-state index is -0.820. The molecular weight excluding hydrogens is 244 g/mol. The zero-order valence-corrected chi connectivity index (χ0v) is 10.9. The molecule has 0 bridgehead atoms. The van der Waals surface area contributed by atoms with Crippen molar-refractivity contribution in [2.24, 2.45) is 7.05 Å². The molecule has 1 atom stereocenters. The zero-order chi connectivity index (χ0) is 13.8. The van der Waals surface area contributed by atoms with Crippen molar-refractivity contribution in [1.82, 2.24) is 9.78 Å². The summed E-state index contributed by atoms with van der Waals surface area (Å²) in [5, 5.41) is 12.9. The van der Waals surface area contributed by atoms with Crippen LogP contribution >= 0.6 is 0 Å². The molecule has 0 saturated carbocycles. The van der Waals surface area contributed by atoms with Crippen LogP contribution in [0.25, 0.3) is 0 Å². The van der Waals surface area contributed by atoms with E-state index in [0.717, 1.165) is 11.1 Å². The molecular formula is C14H16N2O3.